The molecule has 0 aromatic heterocycles. The number of halogens is 2. The lowest BCUT2D eigenvalue weighted by Crippen LogP contribution is -2.62. The lowest BCUT2D eigenvalue weighted by Gasteiger charge is -2.48. The van der Waals surface area contributed by atoms with Crippen molar-refractivity contribution in [2.24, 2.45) is 11.8 Å². The van der Waals surface area contributed by atoms with Crippen LogP contribution in [-0.4, -0.2) is 60.5 Å². The van der Waals surface area contributed by atoms with E-state index in [0.29, 0.717) is 23.9 Å². The van der Waals surface area contributed by atoms with E-state index in [4.69, 9.17) is 0 Å². The number of carbonyl (C=O) groups is 1. The molecule has 0 saturated carbocycles. The molecule has 0 aliphatic carbocycles. The summed E-state index contributed by atoms with van der Waals surface area (Å²) in [5, 5.41) is 3.28. The maximum absolute atomic E-state index is 12.7. The number of fused-ring (bicyclic) bond motifs is 1. The number of hydrogen-bond donors (Lipinski definition) is 1. The quantitative estimate of drug-likeness (QED) is 0.834. The van der Waals surface area contributed by atoms with E-state index >= 15 is 0 Å². The van der Waals surface area contributed by atoms with E-state index in [1.807, 2.05) is 0 Å². The average Bonchev–Trinajstić information content (AvgIpc) is 2.35. The molecule has 124 valence electrons. The Labute approximate surface area is 140 Å². The van der Waals surface area contributed by atoms with Gasteiger partial charge in [0.1, 0.15) is 0 Å². The van der Waals surface area contributed by atoms with Crippen LogP contribution in [0.5, 0.6) is 0 Å². The maximum Gasteiger partial charge on any atom is 0.226 e. The third kappa shape index (κ3) is 3.84. The summed E-state index contributed by atoms with van der Waals surface area (Å²) in [5.41, 5.74) is 0. The van der Waals surface area contributed by atoms with Gasteiger partial charge in [0, 0.05) is 31.1 Å². The number of rotatable bonds is 2. The Bertz CT molecular complexity index is 352. The van der Waals surface area contributed by atoms with Crippen LogP contribution in [0.15, 0.2) is 0 Å². The lowest BCUT2D eigenvalue weighted by molar-refractivity contribution is -0.144. The summed E-state index contributed by atoms with van der Waals surface area (Å²) < 4.78 is 0. The number of carbonyl (C=O) groups excluding carboxylic acids is 1. The molecular formula is C15H29Cl2N3O. The number of hydrogen-bond acceptors (Lipinski definition) is 3. The zero-order valence-electron chi connectivity index (χ0n) is 13.1. The van der Waals surface area contributed by atoms with E-state index in [1.54, 1.807) is 0 Å². The molecule has 1 amide bonds. The van der Waals surface area contributed by atoms with Crippen LogP contribution < -0.4 is 5.32 Å². The normalized spacial score (nSPS) is 31.2. The Balaban J connectivity index is 0.00000110. The van der Waals surface area contributed by atoms with Gasteiger partial charge in [0.25, 0.3) is 0 Å². The van der Waals surface area contributed by atoms with Gasteiger partial charge < -0.3 is 10.2 Å². The fraction of sp³-hybridized carbons (Fsp3) is 0.933. The van der Waals surface area contributed by atoms with Crippen LogP contribution in [0, 0.1) is 11.8 Å². The molecule has 3 unspecified atom stereocenters. The highest BCUT2D eigenvalue weighted by Crippen LogP contribution is 2.27. The Hall–Kier alpha value is -0.0300. The van der Waals surface area contributed by atoms with E-state index in [1.165, 1.54) is 25.8 Å². The number of amides is 1. The van der Waals surface area contributed by atoms with Crippen molar-refractivity contribution in [1.82, 2.24) is 15.1 Å². The first-order valence-electron chi connectivity index (χ1n) is 7.92. The van der Waals surface area contributed by atoms with Gasteiger partial charge in [0.15, 0.2) is 0 Å². The SMILES string of the molecule is CC(C(=O)N1CC2CCCCN2CC1C)C1CNC1.Cl.Cl. The maximum atomic E-state index is 12.7. The van der Waals surface area contributed by atoms with Crippen LogP contribution in [-0.2, 0) is 4.79 Å². The first-order valence-corrected chi connectivity index (χ1v) is 7.92. The van der Waals surface area contributed by atoms with Crippen molar-refractivity contribution in [2.75, 3.05) is 32.7 Å². The molecule has 6 heteroatoms. The highest BCUT2D eigenvalue weighted by Gasteiger charge is 2.39. The van der Waals surface area contributed by atoms with Crippen molar-refractivity contribution >= 4 is 30.7 Å². The topological polar surface area (TPSA) is 35.6 Å². The summed E-state index contributed by atoms with van der Waals surface area (Å²) >= 11 is 0. The highest BCUT2D eigenvalue weighted by atomic mass is 35.5. The van der Waals surface area contributed by atoms with Gasteiger partial charge in [-0.3, -0.25) is 9.69 Å². The highest BCUT2D eigenvalue weighted by molar-refractivity contribution is 5.85. The van der Waals surface area contributed by atoms with E-state index < -0.39 is 0 Å². The van der Waals surface area contributed by atoms with Crippen molar-refractivity contribution in [2.45, 2.75) is 45.2 Å². The smallest absolute Gasteiger partial charge is 0.226 e. The number of nitrogens with zero attached hydrogens (tertiary/aromatic N) is 2. The Kier molecular flexibility index (Phi) is 7.25. The second-order valence-corrected chi connectivity index (χ2v) is 6.69. The first kappa shape index (κ1) is 19.0. The van der Waals surface area contributed by atoms with Gasteiger partial charge in [-0.15, -0.1) is 24.8 Å². The van der Waals surface area contributed by atoms with Crippen LogP contribution in [0.4, 0.5) is 0 Å². The van der Waals surface area contributed by atoms with Crippen molar-refractivity contribution < 1.29 is 4.79 Å². The summed E-state index contributed by atoms with van der Waals surface area (Å²) in [7, 11) is 0. The van der Waals surface area contributed by atoms with Crippen molar-refractivity contribution in [1.29, 1.82) is 0 Å². The summed E-state index contributed by atoms with van der Waals surface area (Å²) in [6.45, 7) is 9.65. The fourth-order valence-electron chi connectivity index (χ4n) is 3.79. The van der Waals surface area contributed by atoms with Gasteiger partial charge in [0.2, 0.25) is 5.91 Å². The summed E-state index contributed by atoms with van der Waals surface area (Å²) in [6.07, 6.45) is 3.94. The second kappa shape index (κ2) is 8.00. The Morgan fingerprint density at radius 1 is 1.19 bits per heavy atom. The molecule has 3 heterocycles. The molecule has 21 heavy (non-hydrogen) atoms. The van der Waals surface area contributed by atoms with Crippen molar-refractivity contribution in [3.8, 4) is 0 Å². The molecule has 0 spiro atoms. The Morgan fingerprint density at radius 2 is 1.90 bits per heavy atom. The molecule has 3 saturated heterocycles. The van der Waals surface area contributed by atoms with Gasteiger partial charge in [-0.1, -0.05) is 13.3 Å². The zero-order valence-corrected chi connectivity index (χ0v) is 14.7. The molecule has 3 fully saturated rings. The van der Waals surface area contributed by atoms with Gasteiger partial charge in [-0.05, 0) is 45.3 Å². The number of piperidine rings is 1. The van der Waals surface area contributed by atoms with Crippen LogP contribution in [0.25, 0.3) is 0 Å². The van der Waals surface area contributed by atoms with Gasteiger partial charge in [-0.2, -0.15) is 0 Å². The fourth-order valence-corrected chi connectivity index (χ4v) is 3.79. The minimum atomic E-state index is 0. The van der Waals surface area contributed by atoms with E-state index in [2.05, 4.69) is 29.0 Å². The summed E-state index contributed by atoms with van der Waals surface area (Å²) in [4.78, 5) is 17.5. The van der Waals surface area contributed by atoms with Crippen molar-refractivity contribution in [3.63, 3.8) is 0 Å². The number of piperazine rings is 1. The average molecular weight is 338 g/mol. The molecular weight excluding hydrogens is 309 g/mol. The van der Waals surface area contributed by atoms with Gasteiger partial charge in [-0.25, -0.2) is 0 Å². The molecule has 0 aromatic carbocycles. The molecule has 0 bridgehead atoms. The number of nitrogens with one attached hydrogen (secondary N) is 1. The molecule has 3 aliphatic heterocycles. The van der Waals surface area contributed by atoms with Crippen LogP contribution in [0.2, 0.25) is 0 Å². The van der Waals surface area contributed by atoms with E-state index in [9.17, 15) is 4.79 Å². The van der Waals surface area contributed by atoms with E-state index in [-0.39, 0.29) is 30.7 Å². The molecule has 3 atom stereocenters. The lowest BCUT2D eigenvalue weighted by atomic mass is 9.86. The molecule has 1 N–H and O–H groups in total. The second-order valence-electron chi connectivity index (χ2n) is 6.69. The summed E-state index contributed by atoms with van der Waals surface area (Å²) in [5.74, 6) is 1.15. The van der Waals surface area contributed by atoms with Crippen LogP contribution in [0.1, 0.15) is 33.1 Å². The minimum Gasteiger partial charge on any atom is -0.337 e. The molecule has 0 radical (unpaired) electrons. The third-order valence-electron chi connectivity index (χ3n) is 5.38. The Morgan fingerprint density at radius 3 is 2.52 bits per heavy atom. The van der Waals surface area contributed by atoms with Gasteiger partial charge in [0.05, 0.1) is 0 Å². The predicted octanol–water partition coefficient (Wildman–Crippen LogP) is 1.77. The monoisotopic (exact) mass is 337 g/mol. The predicted molar refractivity (Wildman–Crippen MR) is 90.4 cm³/mol. The first-order chi connectivity index (χ1) is 9.16. The minimum absolute atomic E-state index is 0. The van der Waals surface area contributed by atoms with Gasteiger partial charge >= 0.3 is 0 Å². The largest absolute Gasteiger partial charge is 0.337 e. The van der Waals surface area contributed by atoms with Crippen molar-refractivity contribution in [3.05, 3.63) is 0 Å². The zero-order chi connectivity index (χ0) is 13.4. The van der Waals surface area contributed by atoms with Crippen LogP contribution in [0.3, 0.4) is 0 Å². The third-order valence-corrected chi connectivity index (χ3v) is 5.38. The molecule has 3 rings (SSSR count). The standard InChI is InChI=1S/C15H27N3O.2ClH/c1-11-9-17-6-4-3-5-14(17)10-18(11)15(19)12(2)13-7-16-8-13;;/h11-14,16H,3-10H2,1-2H3;2*1H. The molecule has 0 aromatic rings. The molecule has 4 nitrogen and oxygen atoms in total. The van der Waals surface area contributed by atoms with Crippen LogP contribution >= 0.6 is 24.8 Å². The van der Waals surface area contributed by atoms with E-state index in [0.717, 1.165) is 26.2 Å². The summed E-state index contributed by atoms with van der Waals surface area (Å²) in [6, 6.07) is 1.01. The molecule has 3 aliphatic rings.